The number of rotatable bonds is 9. The minimum Gasteiger partial charge on any atom is -0.490 e. The Morgan fingerprint density at radius 1 is 1.23 bits per heavy atom. The number of amides is 2. The fourth-order valence-corrected chi connectivity index (χ4v) is 5.88. The van der Waals surface area contributed by atoms with Crippen LogP contribution in [0, 0.1) is 18.8 Å². The van der Waals surface area contributed by atoms with Gasteiger partial charge in [-0.3, -0.25) is 9.59 Å². The lowest BCUT2D eigenvalue weighted by molar-refractivity contribution is -0.142. The number of hydrogen-bond acceptors (Lipinski definition) is 8. The summed E-state index contributed by atoms with van der Waals surface area (Å²) >= 11 is 1.56. The maximum absolute atomic E-state index is 13.5. The highest BCUT2D eigenvalue weighted by molar-refractivity contribution is 7.13. The third-order valence-corrected chi connectivity index (χ3v) is 8.71. The normalized spacial score (nSPS) is 21.0. The number of ether oxygens (including phenoxy) is 1. The maximum Gasteiger partial charge on any atom is 0.243 e. The van der Waals surface area contributed by atoms with Gasteiger partial charge in [-0.1, -0.05) is 46.8 Å². The summed E-state index contributed by atoms with van der Waals surface area (Å²) in [6.45, 7) is 13.3. The molecular formula is C30H46N4O5S. The Bertz CT molecular complexity index is 1120. The number of aliphatic hydroxyl groups is 2. The van der Waals surface area contributed by atoms with Crippen LogP contribution in [-0.4, -0.2) is 76.4 Å². The van der Waals surface area contributed by atoms with Gasteiger partial charge in [-0.15, -0.1) is 11.3 Å². The number of aliphatic hydroxyl groups excluding tert-OH is 2. The van der Waals surface area contributed by atoms with Crippen molar-refractivity contribution >= 4 is 23.2 Å². The number of aryl methyl sites for hydroxylation is 1. The molecule has 1 aromatic carbocycles. The number of thiazole rings is 1. The second-order valence-electron chi connectivity index (χ2n) is 10.8. The predicted octanol–water partition coefficient (Wildman–Crippen LogP) is 3.68. The van der Waals surface area contributed by atoms with Gasteiger partial charge in [0.25, 0.3) is 0 Å². The van der Waals surface area contributed by atoms with Crippen LogP contribution in [0.2, 0.25) is 0 Å². The highest BCUT2D eigenvalue weighted by Gasteiger charge is 2.41. The van der Waals surface area contributed by atoms with Gasteiger partial charge >= 0.3 is 0 Å². The van der Waals surface area contributed by atoms with E-state index < -0.39 is 18.2 Å². The number of nitrogens with one attached hydrogen (secondary N) is 2. The first-order valence-corrected chi connectivity index (χ1v) is 15.4. The Kier molecular flexibility index (Phi) is 11.9. The van der Waals surface area contributed by atoms with Crippen LogP contribution in [0.3, 0.4) is 0 Å². The number of carbonyl (C=O) groups excluding carboxylic acids is 2. The number of aromatic nitrogens is 1. The molecule has 1 aromatic heterocycles. The zero-order valence-corrected chi connectivity index (χ0v) is 25.5. The van der Waals surface area contributed by atoms with Crippen molar-refractivity contribution in [1.29, 1.82) is 0 Å². The van der Waals surface area contributed by atoms with E-state index in [4.69, 9.17) is 4.74 Å². The third kappa shape index (κ3) is 7.60. The number of hydrogen-bond donors (Lipinski definition) is 4. The van der Waals surface area contributed by atoms with E-state index in [0.29, 0.717) is 11.3 Å². The van der Waals surface area contributed by atoms with E-state index in [0.717, 1.165) is 42.1 Å². The fourth-order valence-electron chi connectivity index (χ4n) is 5.08. The summed E-state index contributed by atoms with van der Waals surface area (Å²) in [4.78, 5) is 33.4. The highest BCUT2D eigenvalue weighted by Crippen LogP contribution is 2.36. The Morgan fingerprint density at radius 2 is 1.93 bits per heavy atom. The Balaban J connectivity index is 0.00000216. The average molecular weight is 575 g/mol. The van der Waals surface area contributed by atoms with Gasteiger partial charge in [-0.05, 0) is 50.4 Å². The number of β-amino-alcohol motifs (C(OH)–C–C–N with tert-alkyl or cyclic N) is 1. The molecule has 0 spiro atoms. The van der Waals surface area contributed by atoms with E-state index in [9.17, 15) is 19.8 Å². The molecule has 2 fully saturated rings. The molecule has 0 aliphatic carbocycles. The van der Waals surface area contributed by atoms with Gasteiger partial charge in [0.2, 0.25) is 11.8 Å². The summed E-state index contributed by atoms with van der Waals surface area (Å²) in [6, 6.07) is 4.29. The summed E-state index contributed by atoms with van der Waals surface area (Å²) in [5, 5.41) is 27.0. The second-order valence-corrected chi connectivity index (χ2v) is 11.6. The van der Waals surface area contributed by atoms with Crippen molar-refractivity contribution in [1.82, 2.24) is 20.5 Å². The Morgan fingerprint density at radius 3 is 2.52 bits per heavy atom. The van der Waals surface area contributed by atoms with Crippen molar-refractivity contribution < 1.29 is 24.5 Å². The number of piperidine rings is 1. The van der Waals surface area contributed by atoms with Crippen molar-refractivity contribution in [2.45, 2.75) is 85.1 Å². The number of likely N-dealkylation sites (tertiary alicyclic amines) is 1. The largest absolute Gasteiger partial charge is 0.490 e. The molecule has 0 bridgehead atoms. The van der Waals surface area contributed by atoms with E-state index in [-0.39, 0.29) is 49.3 Å². The fraction of sp³-hybridized carbons (Fsp3) is 0.633. The average Bonchev–Trinajstić information content (AvgIpc) is 3.57. The van der Waals surface area contributed by atoms with Crippen LogP contribution in [0.5, 0.6) is 5.75 Å². The van der Waals surface area contributed by atoms with Gasteiger partial charge in [0, 0.05) is 24.4 Å². The van der Waals surface area contributed by atoms with Crippen molar-refractivity contribution in [3.05, 3.63) is 35.0 Å². The molecule has 10 heteroatoms. The monoisotopic (exact) mass is 574 g/mol. The number of benzene rings is 1. The van der Waals surface area contributed by atoms with Crippen molar-refractivity contribution in [3.63, 3.8) is 0 Å². The van der Waals surface area contributed by atoms with Crippen LogP contribution in [0.1, 0.15) is 71.2 Å². The molecule has 0 radical (unpaired) electrons. The van der Waals surface area contributed by atoms with Crippen LogP contribution in [-0.2, 0) is 9.59 Å². The zero-order chi connectivity index (χ0) is 29.4. The molecule has 4 N–H and O–H groups in total. The quantitative estimate of drug-likeness (QED) is 0.360. The minimum atomic E-state index is -0.791. The van der Waals surface area contributed by atoms with Crippen LogP contribution < -0.4 is 15.4 Å². The number of carbonyl (C=O) groups is 2. The van der Waals surface area contributed by atoms with Crippen LogP contribution in [0.25, 0.3) is 10.4 Å². The lowest BCUT2D eigenvalue weighted by Crippen LogP contribution is -2.49. The summed E-state index contributed by atoms with van der Waals surface area (Å²) in [7, 11) is 0. The molecule has 4 atom stereocenters. The molecule has 2 aliphatic heterocycles. The first-order valence-electron chi connectivity index (χ1n) is 14.5. The molecule has 2 aromatic rings. The van der Waals surface area contributed by atoms with E-state index in [1.807, 2.05) is 65.3 Å². The molecule has 4 rings (SSSR count). The smallest absolute Gasteiger partial charge is 0.243 e. The Labute approximate surface area is 242 Å². The van der Waals surface area contributed by atoms with E-state index in [1.165, 1.54) is 4.90 Å². The van der Waals surface area contributed by atoms with E-state index in [2.05, 4.69) is 15.6 Å². The molecule has 2 amide bonds. The molecule has 9 nitrogen and oxygen atoms in total. The summed E-state index contributed by atoms with van der Waals surface area (Å²) < 4.78 is 6.47. The van der Waals surface area contributed by atoms with Gasteiger partial charge in [0.15, 0.2) is 0 Å². The second kappa shape index (κ2) is 14.9. The first-order chi connectivity index (χ1) is 19.2. The first kappa shape index (κ1) is 32.0. The molecule has 40 heavy (non-hydrogen) atoms. The van der Waals surface area contributed by atoms with Gasteiger partial charge < -0.3 is 30.5 Å². The van der Waals surface area contributed by atoms with E-state index >= 15 is 0 Å². The van der Waals surface area contributed by atoms with Crippen LogP contribution in [0.15, 0.2) is 23.7 Å². The molecule has 2 saturated heterocycles. The number of nitrogens with zero attached hydrogens (tertiary/aromatic N) is 2. The highest BCUT2D eigenvalue weighted by atomic mass is 32.1. The topological polar surface area (TPSA) is 124 Å². The van der Waals surface area contributed by atoms with Crippen LogP contribution in [0.4, 0.5) is 0 Å². The van der Waals surface area contributed by atoms with Crippen molar-refractivity contribution in [2.24, 2.45) is 11.8 Å². The van der Waals surface area contributed by atoms with Crippen molar-refractivity contribution in [2.75, 3.05) is 26.2 Å². The lowest BCUT2D eigenvalue weighted by Gasteiger charge is -2.30. The van der Waals surface area contributed by atoms with Crippen LogP contribution >= 0.6 is 11.3 Å². The third-order valence-electron chi connectivity index (χ3n) is 7.73. The maximum atomic E-state index is 13.5. The van der Waals surface area contributed by atoms with E-state index in [1.54, 1.807) is 11.3 Å². The minimum absolute atomic E-state index is 0.0264. The molecule has 2 aliphatic rings. The van der Waals surface area contributed by atoms with Gasteiger partial charge in [-0.25, -0.2) is 4.98 Å². The molecular weight excluding hydrogens is 528 g/mol. The summed E-state index contributed by atoms with van der Waals surface area (Å²) in [5.74, 6) is -0.0626. The molecule has 222 valence electrons. The van der Waals surface area contributed by atoms with Gasteiger partial charge in [-0.2, -0.15) is 0 Å². The Hall–Kier alpha value is -2.53. The molecule has 3 heterocycles. The lowest BCUT2D eigenvalue weighted by atomic mass is 9.96. The summed E-state index contributed by atoms with van der Waals surface area (Å²) in [6.07, 6.45) is 1.16. The standard InChI is InChI=1S/C28H40N4O5S.C2H6/c1-16(2)17(3)28(36)32-13-20(34)12-24(32)27(35)31-23(14-33)22-6-5-19(26-18(4)30-15-38-26)11-25(22)37-21-7-9-29-10-8-21;1-2/h5-6,11,15-17,20-21,23-24,29,33-34H,7-10,12-14H2,1-4H3,(H,31,35);1-2H3. The molecule has 0 saturated carbocycles. The summed E-state index contributed by atoms with van der Waals surface area (Å²) in [5.41, 5.74) is 4.39. The predicted molar refractivity (Wildman–Crippen MR) is 158 cm³/mol. The van der Waals surface area contributed by atoms with Gasteiger partial charge in [0.05, 0.1) is 34.8 Å². The molecule has 4 unspecified atom stereocenters. The van der Waals surface area contributed by atoms with Gasteiger partial charge in [0.1, 0.15) is 17.9 Å². The van der Waals surface area contributed by atoms with Crippen molar-refractivity contribution in [3.8, 4) is 16.2 Å². The zero-order valence-electron chi connectivity index (χ0n) is 24.6. The SMILES string of the molecule is CC.Cc1ncsc1-c1ccc(C(CO)NC(=O)C2CC(O)CN2C(=O)C(C)C(C)C)c(OC2CCNCC2)c1.